The van der Waals surface area contributed by atoms with Gasteiger partial charge in [0.25, 0.3) is 0 Å². The summed E-state index contributed by atoms with van der Waals surface area (Å²) in [5.74, 6) is -8.03. The molecular formula is C14H15F4NO2. The van der Waals surface area contributed by atoms with Gasteiger partial charge < -0.3 is 10.1 Å². The highest BCUT2D eigenvalue weighted by Gasteiger charge is 2.31. The van der Waals surface area contributed by atoms with Crippen LogP contribution in [0.25, 0.3) is 0 Å². The maximum atomic E-state index is 13.9. The first-order valence-corrected chi connectivity index (χ1v) is 6.61. The number of nitrogens with one attached hydrogen (secondary N) is 1. The van der Waals surface area contributed by atoms with Crippen LogP contribution in [-0.4, -0.2) is 26.2 Å². The number of esters is 1. The number of carbonyl (C=O) groups excluding carboxylic acids is 1. The summed E-state index contributed by atoms with van der Waals surface area (Å²) in [6.07, 6.45) is 1.42. The third kappa shape index (κ3) is 3.02. The summed E-state index contributed by atoms with van der Waals surface area (Å²) in [6.45, 7) is 1.34. The number of ether oxygens (including phenoxy) is 1. The number of hydrogen-bond donors (Lipinski definition) is 1. The van der Waals surface area contributed by atoms with E-state index in [4.69, 9.17) is 0 Å². The SMILES string of the molecule is COC(=O)c1c(F)c(F)c(CC2CCCNC2)c(F)c1F. The van der Waals surface area contributed by atoms with Gasteiger partial charge in [0.05, 0.1) is 7.11 Å². The van der Waals surface area contributed by atoms with Gasteiger partial charge in [-0.25, -0.2) is 22.4 Å². The maximum absolute atomic E-state index is 13.9. The fraction of sp³-hybridized carbons (Fsp3) is 0.500. The molecule has 0 aromatic heterocycles. The van der Waals surface area contributed by atoms with E-state index in [1.54, 1.807) is 0 Å². The van der Waals surface area contributed by atoms with Crippen LogP contribution in [0.4, 0.5) is 17.6 Å². The molecule has 1 aliphatic heterocycles. The Morgan fingerprint density at radius 2 is 1.81 bits per heavy atom. The van der Waals surface area contributed by atoms with E-state index < -0.39 is 40.4 Å². The Hall–Kier alpha value is -1.63. The second kappa shape index (κ2) is 6.43. The number of benzene rings is 1. The Morgan fingerprint density at radius 3 is 2.29 bits per heavy atom. The summed E-state index contributed by atoms with van der Waals surface area (Å²) >= 11 is 0. The third-order valence-electron chi connectivity index (χ3n) is 3.64. The molecule has 1 N–H and O–H groups in total. The third-order valence-corrected chi connectivity index (χ3v) is 3.64. The summed E-state index contributed by atoms with van der Waals surface area (Å²) in [4.78, 5) is 11.2. The van der Waals surface area contributed by atoms with Gasteiger partial charge in [-0.2, -0.15) is 0 Å². The van der Waals surface area contributed by atoms with E-state index in [9.17, 15) is 22.4 Å². The lowest BCUT2D eigenvalue weighted by Crippen LogP contribution is -2.31. The molecule has 1 aromatic carbocycles. The summed E-state index contributed by atoms with van der Waals surface area (Å²) in [5.41, 5.74) is -2.00. The van der Waals surface area contributed by atoms with Crippen molar-refractivity contribution < 1.29 is 27.1 Å². The number of rotatable bonds is 3. The van der Waals surface area contributed by atoms with Gasteiger partial charge in [-0.1, -0.05) is 0 Å². The van der Waals surface area contributed by atoms with Crippen LogP contribution in [0.2, 0.25) is 0 Å². The zero-order valence-electron chi connectivity index (χ0n) is 11.4. The highest BCUT2D eigenvalue weighted by Crippen LogP contribution is 2.28. The number of piperidine rings is 1. The minimum Gasteiger partial charge on any atom is -0.465 e. The molecule has 1 heterocycles. The van der Waals surface area contributed by atoms with Gasteiger partial charge >= 0.3 is 5.97 Å². The summed E-state index contributed by atoms with van der Waals surface area (Å²) in [6, 6.07) is 0. The predicted molar refractivity (Wildman–Crippen MR) is 66.9 cm³/mol. The van der Waals surface area contributed by atoms with E-state index >= 15 is 0 Å². The molecule has 7 heteroatoms. The van der Waals surface area contributed by atoms with Crippen LogP contribution in [0.15, 0.2) is 0 Å². The van der Waals surface area contributed by atoms with Crippen molar-refractivity contribution in [3.8, 4) is 0 Å². The molecule has 0 saturated carbocycles. The Kier molecular flexibility index (Phi) is 4.82. The van der Waals surface area contributed by atoms with Gasteiger partial charge in [-0.05, 0) is 38.3 Å². The molecule has 1 unspecified atom stereocenters. The number of methoxy groups -OCH3 is 1. The van der Waals surface area contributed by atoms with E-state index in [-0.39, 0.29) is 12.3 Å². The molecule has 1 aliphatic rings. The monoisotopic (exact) mass is 305 g/mol. The Balaban J connectivity index is 2.40. The first-order chi connectivity index (χ1) is 9.97. The normalized spacial score (nSPS) is 18.6. The fourth-order valence-corrected chi connectivity index (χ4v) is 2.52. The van der Waals surface area contributed by atoms with Crippen molar-refractivity contribution in [2.45, 2.75) is 19.3 Å². The Morgan fingerprint density at radius 1 is 1.19 bits per heavy atom. The van der Waals surface area contributed by atoms with Gasteiger partial charge in [-0.15, -0.1) is 0 Å². The molecule has 0 spiro atoms. The zero-order valence-corrected chi connectivity index (χ0v) is 11.4. The van der Waals surface area contributed by atoms with Crippen LogP contribution >= 0.6 is 0 Å². The van der Waals surface area contributed by atoms with E-state index in [0.29, 0.717) is 13.0 Å². The van der Waals surface area contributed by atoms with Crippen molar-refractivity contribution >= 4 is 5.97 Å². The van der Waals surface area contributed by atoms with Gasteiger partial charge in [-0.3, -0.25) is 0 Å². The number of hydrogen-bond acceptors (Lipinski definition) is 3. The zero-order chi connectivity index (χ0) is 15.6. The van der Waals surface area contributed by atoms with Crippen LogP contribution in [0.1, 0.15) is 28.8 Å². The molecule has 0 bridgehead atoms. The highest BCUT2D eigenvalue weighted by atomic mass is 19.2. The standard InChI is InChI=1S/C14H15F4NO2/c1-21-14(20)9-12(17)10(15)8(11(16)13(9)18)5-7-3-2-4-19-6-7/h7,19H,2-6H2,1H3. The van der Waals surface area contributed by atoms with Crippen LogP contribution in [0.5, 0.6) is 0 Å². The molecule has 1 aromatic rings. The molecule has 1 fully saturated rings. The lowest BCUT2D eigenvalue weighted by atomic mass is 9.91. The van der Waals surface area contributed by atoms with Crippen molar-refractivity contribution in [3.05, 3.63) is 34.4 Å². The minimum absolute atomic E-state index is 0.106. The summed E-state index contributed by atoms with van der Waals surface area (Å²) in [7, 11) is 0.874. The average molecular weight is 305 g/mol. The van der Waals surface area contributed by atoms with Gasteiger partial charge in [0, 0.05) is 5.56 Å². The quantitative estimate of drug-likeness (QED) is 0.530. The first kappa shape index (κ1) is 15.8. The fourth-order valence-electron chi connectivity index (χ4n) is 2.52. The number of carbonyl (C=O) groups is 1. The molecule has 21 heavy (non-hydrogen) atoms. The summed E-state index contributed by atoms with van der Waals surface area (Å²) < 4.78 is 59.6. The molecule has 0 aliphatic carbocycles. The average Bonchev–Trinajstić information content (AvgIpc) is 2.50. The molecular weight excluding hydrogens is 290 g/mol. The van der Waals surface area contributed by atoms with Crippen molar-refractivity contribution in [2.75, 3.05) is 20.2 Å². The largest absolute Gasteiger partial charge is 0.465 e. The van der Waals surface area contributed by atoms with E-state index in [0.717, 1.165) is 20.1 Å². The van der Waals surface area contributed by atoms with Crippen LogP contribution in [-0.2, 0) is 11.2 Å². The van der Waals surface area contributed by atoms with Gasteiger partial charge in [0.15, 0.2) is 23.3 Å². The van der Waals surface area contributed by atoms with Crippen LogP contribution in [0, 0.1) is 29.2 Å². The molecule has 116 valence electrons. The smallest absolute Gasteiger partial charge is 0.344 e. The van der Waals surface area contributed by atoms with Gasteiger partial charge in [0.1, 0.15) is 5.56 Å². The van der Waals surface area contributed by atoms with E-state index in [2.05, 4.69) is 10.1 Å². The van der Waals surface area contributed by atoms with Gasteiger partial charge in [0.2, 0.25) is 0 Å². The second-order valence-electron chi connectivity index (χ2n) is 5.02. The van der Waals surface area contributed by atoms with E-state index in [1.165, 1.54) is 0 Å². The lowest BCUT2D eigenvalue weighted by Gasteiger charge is -2.23. The van der Waals surface area contributed by atoms with Crippen molar-refractivity contribution in [1.29, 1.82) is 0 Å². The molecule has 3 nitrogen and oxygen atoms in total. The molecule has 2 rings (SSSR count). The Bertz CT molecular complexity index is 527. The number of halogens is 4. The predicted octanol–water partition coefficient (Wildman–Crippen LogP) is 2.57. The van der Waals surface area contributed by atoms with E-state index in [1.807, 2.05) is 0 Å². The molecule has 1 saturated heterocycles. The highest BCUT2D eigenvalue weighted by molar-refractivity contribution is 5.90. The topological polar surface area (TPSA) is 38.3 Å². The Labute approximate surface area is 119 Å². The molecule has 0 amide bonds. The second-order valence-corrected chi connectivity index (χ2v) is 5.02. The minimum atomic E-state index is -1.71. The first-order valence-electron chi connectivity index (χ1n) is 6.61. The van der Waals surface area contributed by atoms with Crippen LogP contribution in [0.3, 0.4) is 0 Å². The lowest BCUT2D eigenvalue weighted by molar-refractivity contribution is 0.0586. The molecule has 0 radical (unpaired) electrons. The van der Waals surface area contributed by atoms with Crippen LogP contribution < -0.4 is 5.32 Å². The van der Waals surface area contributed by atoms with Crippen molar-refractivity contribution in [3.63, 3.8) is 0 Å². The molecule has 1 atom stereocenters. The van der Waals surface area contributed by atoms with Crippen molar-refractivity contribution in [2.24, 2.45) is 5.92 Å². The maximum Gasteiger partial charge on any atom is 0.344 e. The van der Waals surface area contributed by atoms with Crippen molar-refractivity contribution in [1.82, 2.24) is 5.32 Å². The summed E-state index contributed by atoms with van der Waals surface area (Å²) in [5, 5.41) is 3.06.